The average molecular weight is 722 g/mol. The number of hydrogen-bond donors (Lipinski definition) is 1. The predicted octanol–water partition coefficient (Wildman–Crippen LogP) is 7.84. The van der Waals surface area contributed by atoms with Crippen molar-refractivity contribution in [1.29, 1.82) is 0 Å². The van der Waals surface area contributed by atoms with Gasteiger partial charge in [-0.05, 0) is 113 Å². The highest BCUT2D eigenvalue weighted by atomic mass is 35.5. The maximum Gasteiger partial charge on any atom is 0.316 e. The minimum atomic E-state index is -0.534. The summed E-state index contributed by atoms with van der Waals surface area (Å²) in [4.78, 5) is 13.9. The van der Waals surface area contributed by atoms with Crippen LogP contribution in [0, 0.1) is 11.7 Å². The molecular weight excluding hydrogens is 669 g/mol. The van der Waals surface area contributed by atoms with E-state index in [1.807, 2.05) is 43.4 Å². The fraction of sp³-hybridized carbons (Fsp3) is 0.550. The van der Waals surface area contributed by atoms with Gasteiger partial charge in [0.25, 0.3) is 0 Å². The second-order valence-electron chi connectivity index (χ2n) is 14.6. The molecule has 51 heavy (non-hydrogen) atoms. The Labute approximate surface area is 307 Å². The number of halogens is 2. The monoisotopic (exact) mass is 721 g/mol. The van der Waals surface area contributed by atoms with Crippen LogP contribution in [0.1, 0.15) is 58.4 Å². The number of ether oxygens (including phenoxy) is 4. The molecule has 0 aliphatic carbocycles. The predicted molar refractivity (Wildman–Crippen MR) is 204 cm³/mol. The van der Waals surface area contributed by atoms with Crippen molar-refractivity contribution in [3.05, 3.63) is 58.9 Å². The van der Waals surface area contributed by atoms with Crippen LogP contribution < -0.4 is 10.1 Å². The molecule has 0 radical (unpaired) electrons. The molecule has 9 nitrogen and oxygen atoms in total. The topological polar surface area (TPSA) is 80.2 Å². The Morgan fingerprint density at radius 1 is 1.18 bits per heavy atom. The van der Waals surface area contributed by atoms with Crippen LogP contribution >= 0.6 is 11.6 Å². The maximum atomic E-state index is 17.3. The van der Waals surface area contributed by atoms with Gasteiger partial charge in [0.15, 0.2) is 12.6 Å². The van der Waals surface area contributed by atoms with Crippen molar-refractivity contribution in [2.45, 2.75) is 89.6 Å². The number of likely N-dealkylation sites (tertiary alicyclic amines) is 2. The van der Waals surface area contributed by atoms with Gasteiger partial charge in [-0.1, -0.05) is 42.8 Å². The summed E-state index contributed by atoms with van der Waals surface area (Å²) in [6.07, 6.45) is 6.43. The van der Waals surface area contributed by atoms with E-state index in [-0.39, 0.29) is 42.1 Å². The minimum absolute atomic E-state index is 0.0438. The molecule has 3 aliphatic rings. The SMILES string of the molecule is C=NC(=Nc1c(CC2CCCN2CNC)cc(Cl)c(-c2cc(OCOC)cc3ccccc23)c1F)OCC(C)CN1C(C)CC2CC1CC(C)O2. The van der Waals surface area contributed by atoms with Crippen molar-refractivity contribution in [2.75, 3.05) is 47.3 Å². The fourth-order valence-electron chi connectivity index (χ4n) is 8.36. The highest BCUT2D eigenvalue weighted by Gasteiger charge is 2.39. The largest absolute Gasteiger partial charge is 0.468 e. The van der Waals surface area contributed by atoms with Crippen LogP contribution in [0.15, 0.2) is 52.4 Å². The number of benzene rings is 3. The summed E-state index contributed by atoms with van der Waals surface area (Å²) >= 11 is 7.05. The lowest BCUT2D eigenvalue weighted by Crippen LogP contribution is -2.56. The summed E-state index contributed by atoms with van der Waals surface area (Å²) in [6, 6.07) is 14.6. The van der Waals surface area contributed by atoms with Gasteiger partial charge in [0, 0.05) is 49.9 Å². The molecule has 3 aromatic rings. The highest BCUT2D eigenvalue weighted by molar-refractivity contribution is 6.34. The van der Waals surface area contributed by atoms with Crippen molar-refractivity contribution in [3.8, 4) is 16.9 Å². The summed E-state index contributed by atoms with van der Waals surface area (Å²) in [5, 5.41) is 5.30. The van der Waals surface area contributed by atoms with Gasteiger partial charge in [-0.15, -0.1) is 0 Å². The van der Waals surface area contributed by atoms with Crippen molar-refractivity contribution >= 4 is 40.8 Å². The normalized spacial score (nSPS) is 24.9. The number of aliphatic imine (C=N–C) groups is 2. The zero-order valence-electron chi connectivity index (χ0n) is 30.7. The molecule has 3 aromatic carbocycles. The van der Waals surface area contributed by atoms with E-state index >= 15 is 4.39 Å². The molecule has 3 saturated heterocycles. The minimum Gasteiger partial charge on any atom is -0.468 e. The number of methoxy groups -OCH3 is 1. The molecule has 0 aromatic heterocycles. The van der Waals surface area contributed by atoms with Gasteiger partial charge >= 0.3 is 6.02 Å². The second-order valence-corrected chi connectivity index (χ2v) is 15.0. The van der Waals surface area contributed by atoms with E-state index in [0.29, 0.717) is 53.1 Å². The van der Waals surface area contributed by atoms with Crippen LogP contribution in [0.3, 0.4) is 0 Å². The van der Waals surface area contributed by atoms with E-state index in [4.69, 9.17) is 35.5 Å². The van der Waals surface area contributed by atoms with Crippen molar-refractivity contribution in [2.24, 2.45) is 15.9 Å². The lowest BCUT2D eigenvalue weighted by Gasteiger charge is -2.49. The van der Waals surface area contributed by atoms with Crippen LogP contribution in [0.2, 0.25) is 5.02 Å². The molecule has 11 heteroatoms. The molecule has 3 fully saturated rings. The van der Waals surface area contributed by atoms with E-state index in [1.54, 1.807) is 13.2 Å². The molecule has 0 spiro atoms. The summed E-state index contributed by atoms with van der Waals surface area (Å²) in [5.41, 5.74) is 1.72. The Balaban J connectivity index is 1.33. The molecule has 276 valence electrons. The van der Waals surface area contributed by atoms with E-state index < -0.39 is 5.82 Å². The molecular formula is C40H53ClFN5O4. The third-order valence-electron chi connectivity index (χ3n) is 10.6. The van der Waals surface area contributed by atoms with Gasteiger partial charge in [0.05, 0.1) is 23.8 Å². The van der Waals surface area contributed by atoms with Gasteiger partial charge in [0.2, 0.25) is 0 Å². The molecule has 0 amide bonds. The summed E-state index contributed by atoms with van der Waals surface area (Å²) in [7, 11) is 3.50. The molecule has 0 saturated carbocycles. The molecule has 6 rings (SSSR count). The van der Waals surface area contributed by atoms with E-state index in [2.05, 4.69) is 47.6 Å². The fourth-order valence-corrected chi connectivity index (χ4v) is 8.68. The summed E-state index contributed by atoms with van der Waals surface area (Å²) < 4.78 is 40.7. The van der Waals surface area contributed by atoms with Crippen LogP contribution in [0.5, 0.6) is 5.75 Å². The van der Waals surface area contributed by atoms with Crippen molar-refractivity contribution in [3.63, 3.8) is 0 Å². The second kappa shape index (κ2) is 17.1. The zero-order chi connectivity index (χ0) is 36.1. The number of nitrogens with zero attached hydrogens (tertiary/aromatic N) is 4. The molecule has 6 atom stereocenters. The number of nitrogens with one attached hydrogen (secondary N) is 1. The number of amidine groups is 1. The quantitative estimate of drug-likeness (QED) is 0.110. The van der Waals surface area contributed by atoms with Crippen molar-refractivity contribution in [1.82, 2.24) is 15.1 Å². The van der Waals surface area contributed by atoms with E-state index in [1.165, 1.54) is 0 Å². The first-order valence-corrected chi connectivity index (χ1v) is 18.7. The molecule has 2 bridgehead atoms. The van der Waals surface area contributed by atoms with Gasteiger partial charge in [-0.3, -0.25) is 9.80 Å². The van der Waals surface area contributed by atoms with Gasteiger partial charge < -0.3 is 24.3 Å². The third-order valence-corrected chi connectivity index (χ3v) is 10.9. The number of rotatable bonds is 13. The lowest BCUT2D eigenvalue weighted by atomic mass is 9.87. The molecule has 6 unspecified atom stereocenters. The Morgan fingerprint density at radius 3 is 2.78 bits per heavy atom. The Morgan fingerprint density at radius 2 is 2.00 bits per heavy atom. The van der Waals surface area contributed by atoms with Crippen LogP contribution in [-0.2, 0) is 20.6 Å². The smallest absolute Gasteiger partial charge is 0.316 e. The molecule has 1 N–H and O–H groups in total. The summed E-state index contributed by atoms with van der Waals surface area (Å²) in [6.45, 7) is 13.5. The Kier molecular flexibility index (Phi) is 12.6. The van der Waals surface area contributed by atoms with Crippen molar-refractivity contribution < 1.29 is 23.3 Å². The highest BCUT2D eigenvalue weighted by Crippen LogP contribution is 2.44. The molecule has 3 aliphatic heterocycles. The average Bonchev–Trinajstić information content (AvgIpc) is 3.54. The third kappa shape index (κ3) is 8.75. The van der Waals surface area contributed by atoms with Crippen LogP contribution in [-0.4, -0.2) is 100 Å². The Bertz CT molecular complexity index is 1700. The van der Waals surface area contributed by atoms with Gasteiger partial charge in [-0.2, -0.15) is 4.99 Å². The standard InChI is InChI=1S/C40H53ClFN5O4/c1-25(21-47-26(2)14-33-19-31(47)15-27(3)51-33)22-49-40(44-5)45-39-29(16-30-11-9-13-46(30)23-43-4)18-36(41)37(38(39)42)35-20-32(50-24-48-6)17-28-10-7-8-12-34(28)35/h7-8,10,12,17-18,20,25-27,30-31,33,43H,5,9,11,13-16,19,21-24H2,1-4,6H3. The number of piperidine rings is 1. The van der Waals surface area contributed by atoms with Crippen LogP contribution in [0.4, 0.5) is 10.1 Å². The zero-order valence-corrected chi connectivity index (χ0v) is 31.4. The number of hydrogen-bond acceptors (Lipinski definition) is 8. The van der Waals surface area contributed by atoms with Gasteiger partial charge in [-0.25, -0.2) is 9.38 Å². The summed E-state index contributed by atoms with van der Waals surface area (Å²) in [5.74, 6) is 0.199. The molecule has 3 heterocycles. The van der Waals surface area contributed by atoms with Gasteiger partial charge in [0.1, 0.15) is 11.4 Å². The maximum absolute atomic E-state index is 17.3. The van der Waals surface area contributed by atoms with Crippen LogP contribution in [0.25, 0.3) is 21.9 Å². The lowest BCUT2D eigenvalue weighted by molar-refractivity contribution is -0.123. The van der Waals surface area contributed by atoms with E-state index in [0.717, 1.165) is 62.6 Å². The number of fused-ring (bicyclic) bond motifs is 3. The first kappa shape index (κ1) is 37.6. The Hall–Kier alpha value is -3.12. The first-order chi connectivity index (χ1) is 24.7. The first-order valence-electron chi connectivity index (χ1n) is 18.3. The van der Waals surface area contributed by atoms with E-state index in [9.17, 15) is 0 Å².